The van der Waals surface area contributed by atoms with Gasteiger partial charge in [0.15, 0.2) is 0 Å². The van der Waals surface area contributed by atoms with Crippen LogP contribution in [-0.2, 0) is 0 Å². The second-order valence-electron chi connectivity index (χ2n) is 2.59. The molecule has 48 valence electrons. The fraction of sp³-hybridized carbons (Fsp3) is 0.250. The Hall–Kier alpha value is -0.915. The summed E-state index contributed by atoms with van der Waals surface area (Å²) in [7, 11) is 5.44. The van der Waals surface area contributed by atoms with Crippen molar-refractivity contribution in [1.29, 1.82) is 0 Å². The maximum atomic E-state index is 11.0. The SMILES string of the molecule is [B]C[C@@H]1c2ccc([O-])c1c2. The molecule has 0 amide bonds. The summed E-state index contributed by atoms with van der Waals surface area (Å²) in [5.74, 6) is 0.378. The largest absolute Gasteiger partial charge is 0.872 e. The molecule has 1 atom stereocenters. The maximum Gasteiger partial charge on any atom is 0.0665 e. The van der Waals surface area contributed by atoms with E-state index >= 15 is 0 Å². The highest BCUT2D eigenvalue weighted by Gasteiger charge is 2.20. The minimum Gasteiger partial charge on any atom is -0.872 e. The maximum absolute atomic E-state index is 11.0. The molecule has 0 N–H and O–H groups in total. The Kier molecular flexibility index (Phi) is 1.04. The van der Waals surface area contributed by atoms with Gasteiger partial charge in [-0.1, -0.05) is 24.5 Å². The Labute approximate surface area is 61.1 Å². The van der Waals surface area contributed by atoms with Gasteiger partial charge in [-0.15, -0.1) is 5.75 Å². The summed E-state index contributed by atoms with van der Waals surface area (Å²) in [5.41, 5.74) is 2.09. The molecule has 2 heteroatoms. The van der Waals surface area contributed by atoms with Gasteiger partial charge >= 0.3 is 0 Å². The molecule has 1 nitrogen and oxygen atoms in total. The molecule has 2 radical (unpaired) electrons. The number of hydrogen-bond donors (Lipinski definition) is 0. The van der Waals surface area contributed by atoms with Crippen molar-refractivity contribution in [2.45, 2.75) is 12.2 Å². The van der Waals surface area contributed by atoms with Gasteiger partial charge in [-0.3, -0.25) is 0 Å². The molecule has 0 fully saturated rings. The van der Waals surface area contributed by atoms with Crippen LogP contribution in [0.1, 0.15) is 17.0 Å². The molecule has 2 bridgehead atoms. The van der Waals surface area contributed by atoms with Gasteiger partial charge in [0.1, 0.15) is 0 Å². The van der Waals surface area contributed by atoms with E-state index in [1.54, 1.807) is 6.07 Å². The Morgan fingerprint density at radius 2 is 2.30 bits per heavy atom. The molecule has 0 heterocycles. The highest BCUT2D eigenvalue weighted by molar-refractivity contribution is 6.09. The van der Waals surface area contributed by atoms with Crippen LogP contribution >= 0.6 is 0 Å². The fourth-order valence-electron chi connectivity index (χ4n) is 1.40. The first-order valence-electron chi connectivity index (χ1n) is 3.34. The van der Waals surface area contributed by atoms with Crippen LogP contribution in [0.5, 0.6) is 5.75 Å². The van der Waals surface area contributed by atoms with Gasteiger partial charge in [-0.2, -0.15) is 0 Å². The molecular weight excluding hydrogens is 123 g/mol. The van der Waals surface area contributed by atoms with E-state index in [1.165, 1.54) is 5.56 Å². The van der Waals surface area contributed by atoms with Crippen LogP contribution in [0, 0.1) is 0 Å². The lowest BCUT2D eigenvalue weighted by atomic mass is 9.73. The molecular formula is C8H6BO-. The van der Waals surface area contributed by atoms with Gasteiger partial charge in [-0.05, 0) is 11.1 Å². The summed E-state index contributed by atoms with van der Waals surface area (Å²) < 4.78 is 0. The number of hydrogen-bond acceptors (Lipinski definition) is 1. The lowest BCUT2D eigenvalue weighted by molar-refractivity contribution is -0.270. The standard InChI is InChI=1S/C8H7BO/c9-4-7-5-1-2-8(10)6(7)3-5/h1-3,7,10H,4H2/p-1/t7-/m1/s1. The van der Waals surface area contributed by atoms with Crippen molar-refractivity contribution in [3.05, 3.63) is 29.3 Å². The normalized spacial score (nSPS) is 20.2. The van der Waals surface area contributed by atoms with E-state index in [-0.39, 0.29) is 11.7 Å². The number of benzene rings is 1. The predicted molar refractivity (Wildman–Crippen MR) is 38.3 cm³/mol. The molecule has 0 aromatic heterocycles. The topological polar surface area (TPSA) is 23.1 Å². The molecule has 10 heavy (non-hydrogen) atoms. The zero-order chi connectivity index (χ0) is 7.14. The highest BCUT2D eigenvalue weighted by Crippen LogP contribution is 2.41. The van der Waals surface area contributed by atoms with Crippen LogP contribution in [0.2, 0.25) is 6.32 Å². The molecule has 0 aliphatic heterocycles. The van der Waals surface area contributed by atoms with Crippen molar-refractivity contribution in [1.82, 2.24) is 0 Å². The number of fused-ring (bicyclic) bond motifs is 2. The molecule has 3 rings (SSSR count). The van der Waals surface area contributed by atoms with Gasteiger partial charge in [0.25, 0.3) is 0 Å². The Balaban J connectivity index is 2.46. The summed E-state index contributed by atoms with van der Waals surface area (Å²) in [4.78, 5) is 0. The van der Waals surface area contributed by atoms with Gasteiger partial charge in [-0.25, -0.2) is 0 Å². The van der Waals surface area contributed by atoms with Crippen LogP contribution in [-0.4, -0.2) is 7.85 Å². The zero-order valence-corrected chi connectivity index (χ0v) is 5.50. The van der Waals surface area contributed by atoms with Crippen LogP contribution in [0.4, 0.5) is 0 Å². The highest BCUT2D eigenvalue weighted by atomic mass is 16.3. The Morgan fingerprint density at radius 3 is 2.70 bits per heavy atom. The van der Waals surface area contributed by atoms with Crippen molar-refractivity contribution >= 4 is 7.85 Å². The van der Waals surface area contributed by atoms with Crippen molar-refractivity contribution in [3.63, 3.8) is 0 Å². The molecule has 1 aromatic carbocycles. The first kappa shape index (κ1) is 5.84. The average molecular weight is 129 g/mol. The quantitative estimate of drug-likeness (QED) is 0.514. The molecule has 0 unspecified atom stereocenters. The van der Waals surface area contributed by atoms with Gasteiger partial charge < -0.3 is 5.11 Å². The third-order valence-electron chi connectivity index (χ3n) is 2.05. The number of rotatable bonds is 1. The summed E-state index contributed by atoms with van der Waals surface area (Å²) in [6.45, 7) is 0. The van der Waals surface area contributed by atoms with E-state index in [0.717, 1.165) is 5.56 Å². The Morgan fingerprint density at radius 1 is 1.50 bits per heavy atom. The molecule has 2 aliphatic rings. The first-order valence-corrected chi connectivity index (χ1v) is 3.34. The van der Waals surface area contributed by atoms with Crippen LogP contribution in [0.15, 0.2) is 18.2 Å². The summed E-state index contributed by atoms with van der Waals surface area (Å²) in [6, 6.07) is 5.38. The third kappa shape index (κ3) is 0.538. The second-order valence-corrected chi connectivity index (χ2v) is 2.59. The van der Waals surface area contributed by atoms with E-state index < -0.39 is 0 Å². The van der Waals surface area contributed by atoms with Gasteiger partial charge in [0.2, 0.25) is 0 Å². The average Bonchev–Trinajstić information content (AvgIpc) is 1.87. The van der Waals surface area contributed by atoms with Gasteiger partial charge in [0.05, 0.1) is 7.85 Å². The van der Waals surface area contributed by atoms with Gasteiger partial charge in [0, 0.05) is 5.92 Å². The second kappa shape index (κ2) is 1.78. The van der Waals surface area contributed by atoms with Crippen molar-refractivity contribution < 1.29 is 5.11 Å². The summed E-state index contributed by atoms with van der Waals surface area (Å²) in [6.07, 6.45) is 0.567. The lowest BCUT2D eigenvalue weighted by Gasteiger charge is -2.32. The molecule has 1 aromatic rings. The van der Waals surface area contributed by atoms with E-state index in [2.05, 4.69) is 0 Å². The first-order chi connectivity index (χ1) is 4.83. The Bertz CT molecular complexity index is 266. The molecule has 0 saturated heterocycles. The third-order valence-corrected chi connectivity index (χ3v) is 2.05. The molecule has 0 saturated carbocycles. The monoisotopic (exact) mass is 129 g/mol. The summed E-state index contributed by atoms with van der Waals surface area (Å²) >= 11 is 0. The van der Waals surface area contributed by atoms with E-state index in [4.69, 9.17) is 7.85 Å². The minimum absolute atomic E-state index is 0.130. The van der Waals surface area contributed by atoms with Crippen LogP contribution in [0.25, 0.3) is 0 Å². The van der Waals surface area contributed by atoms with E-state index in [9.17, 15) is 5.11 Å². The van der Waals surface area contributed by atoms with Crippen LogP contribution in [0.3, 0.4) is 0 Å². The zero-order valence-electron chi connectivity index (χ0n) is 5.50. The smallest absolute Gasteiger partial charge is 0.0665 e. The molecule has 0 spiro atoms. The molecule has 2 aliphatic carbocycles. The summed E-state index contributed by atoms with van der Waals surface area (Å²) in [5, 5.41) is 11.0. The fourth-order valence-corrected chi connectivity index (χ4v) is 1.40. The van der Waals surface area contributed by atoms with Crippen molar-refractivity contribution in [2.75, 3.05) is 0 Å². The van der Waals surface area contributed by atoms with Crippen LogP contribution < -0.4 is 5.11 Å². The van der Waals surface area contributed by atoms with Crippen molar-refractivity contribution in [2.24, 2.45) is 0 Å². The van der Waals surface area contributed by atoms with Crippen molar-refractivity contribution in [3.8, 4) is 5.75 Å². The van der Waals surface area contributed by atoms with E-state index in [0.29, 0.717) is 6.32 Å². The predicted octanol–water partition coefficient (Wildman–Crippen LogP) is 0.792. The minimum atomic E-state index is 0.130. The lowest BCUT2D eigenvalue weighted by Crippen LogP contribution is -2.13. The van der Waals surface area contributed by atoms with E-state index in [1.807, 2.05) is 12.1 Å².